The summed E-state index contributed by atoms with van der Waals surface area (Å²) in [5.41, 5.74) is 2.77. The Morgan fingerprint density at radius 3 is 2.25 bits per heavy atom. The molecule has 4 nitrogen and oxygen atoms in total. The summed E-state index contributed by atoms with van der Waals surface area (Å²) in [7, 11) is 2.20. The van der Waals surface area contributed by atoms with Gasteiger partial charge in [-0.15, -0.1) is 0 Å². The number of rotatable bonds is 8. The molecule has 0 aromatic heterocycles. The fourth-order valence-corrected chi connectivity index (χ4v) is 5.17. The molecule has 0 saturated carbocycles. The molecule has 0 N–H and O–H groups in total. The van der Waals surface area contributed by atoms with Gasteiger partial charge in [0.15, 0.2) is 0 Å². The quantitative estimate of drug-likeness (QED) is 0.518. The molecule has 0 spiro atoms. The van der Waals surface area contributed by atoms with Crippen LogP contribution in [0.15, 0.2) is 54.6 Å². The van der Waals surface area contributed by atoms with Crippen molar-refractivity contribution in [3.8, 4) is 5.75 Å². The second-order valence-corrected chi connectivity index (χ2v) is 9.49. The molecule has 0 radical (unpaired) electrons. The van der Waals surface area contributed by atoms with Crippen molar-refractivity contribution in [2.24, 2.45) is 0 Å². The highest BCUT2D eigenvalue weighted by Crippen LogP contribution is 2.34. The summed E-state index contributed by atoms with van der Waals surface area (Å²) in [6.07, 6.45) is 7.01. The number of carbonyl (C=O) groups excluding carboxylic acids is 1. The van der Waals surface area contributed by atoms with Crippen LogP contribution in [-0.4, -0.2) is 55.5 Å². The van der Waals surface area contributed by atoms with E-state index in [-0.39, 0.29) is 0 Å². The van der Waals surface area contributed by atoms with Crippen molar-refractivity contribution in [2.75, 3.05) is 39.8 Å². The molecule has 2 aromatic carbocycles. The van der Waals surface area contributed by atoms with Gasteiger partial charge in [-0.05, 0) is 87.7 Å². The minimum Gasteiger partial charge on any atom is -0.493 e. The molecule has 2 aliphatic rings. The van der Waals surface area contributed by atoms with E-state index in [1.807, 2.05) is 0 Å². The standard InChI is InChI=1S/C28H38N2O2/c1-29-18-14-25(15-19-29)26-11-5-6-12-27(26)32-22-8-7-13-28(31)30-20-16-24(17-21-30)23-9-3-2-4-10-23/h2-6,9-12,24-25H,7-8,13-22H2,1H3. The Morgan fingerprint density at radius 1 is 0.844 bits per heavy atom. The van der Waals surface area contributed by atoms with Gasteiger partial charge in [0.2, 0.25) is 5.91 Å². The number of nitrogens with zero attached hydrogens (tertiary/aromatic N) is 2. The van der Waals surface area contributed by atoms with Crippen LogP contribution in [0, 0.1) is 0 Å². The number of ether oxygens (including phenoxy) is 1. The minimum absolute atomic E-state index is 0.309. The van der Waals surface area contributed by atoms with Gasteiger partial charge in [0, 0.05) is 19.5 Å². The van der Waals surface area contributed by atoms with E-state index in [1.165, 1.54) is 24.0 Å². The van der Waals surface area contributed by atoms with Crippen LogP contribution in [0.3, 0.4) is 0 Å². The molecular formula is C28H38N2O2. The van der Waals surface area contributed by atoms with Crippen LogP contribution in [0.2, 0.25) is 0 Å². The van der Waals surface area contributed by atoms with Crippen LogP contribution in [0.1, 0.15) is 67.9 Å². The number of piperidine rings is 2. The normalized spacial score (nSPS) is 18.6. The predicted octanol–water partition coefficient (Wildman–Crippen LogP) is 5.45. The van der Waals surface area contributed by atoms with Crippen molar-refractivity contribution in [1.29, 1.82) is 0 Å². The van der Waals surface area contributed by atoms with E-state index in [0.29, 0.717) is 30.8 Å². The number of benzene rings is 2. The van der Waals surface area contributed by atoms with Gasteiger partial charge in [-0.3, -0.25) is 4.79 Å². The third kappa shape index (κ3) is 6.13. The van der Waals surface area contributed by atoms with E-state index in [0.717, 1.165) is 57.6 Å². The van der Waals surface area contributed by atoms with Gasteiger partial charge in [-0.2, -0.15) is 0 Å². The average molecular weight is 435 g/mol. The highest BCUT2D eigenvalue weighted by atomic mass is 16.5. The summed E-state index contributed by atoms with van der Waals surface area (Å²) in [6.45, 7) is 4.78. The Bertz CT molecular complexity index is 838. The first-order valence-corrected chi connectivity index (χ1v) is 12.4. The van der Waals surface area contributed by atoms with Crippen molar-refractivity contribution in [2.45, 2.75) is 56.8 Å². The third-order valence-corrected chi connectivity index (χ3v) is 7.24. The molecule has 0 bridgehead atoms. The summed E-state index contributed by atoms with van der Waals surface area (Å²) in [5.74, 6) is 2.54. The number of unbranched alkanes of at least 4 members (excludes halogenated alkanes) is 1. The van der Waals surface area contributed by atoms with E-state index in [2.05, 4.69) is 71.4 Å². The maximum atomic E-state index is 12.6. The Kier molecular flexibility index (Phi) is 8.22. The van der Waals surface area contributed by atoms with Gasteiger partial charge in [-0.25, -0.2) is 0 Å². The number of amides is 1. The van der Waals surface area contributed by atoms with Crippen molar-refractivity contribution in [3.05, 3.63) is 65.7 Å². The Hall–Kier alpha value is -2.33. The van der Waals surface area contributed by atoms with Crippen molar-refractivity contribution >= 4 is 5.91 Å². The van der Waals surface area contributed by atoms with E-state index in [1.54, 1.807) is 0 Å². The van der Waals surface area contributed by atoms with Gasteiger partial charge >= 0.3 is 0 Å². The summed E-state index contributed by atoms with van der Waals surface area (Å²) >= 11 is 0. The van der Waals surface area contributed by atoms with Gasteiger partial charge in [0.25, 0.3) is 0 Å². The van der Waals surface area contributed by atoms with Crippen LogP contribution in [0.4, 0.5) is 0 Å². The molecule has 2 saturated heterocycles. The largest absolute Gasteiger partial charge is 0.493 e. The molecule has 4 rings (SSSR count). The average Bonchev–Trinajstić information content (AvgIpc) is 2.85. The molecule has 0 atom stereocenters. The molecule has 2 fully saturated rings. The number of para-hydroxylation sites is 1. The molecule has 2 aliphatic heterocycles. The summed E-state index contributed by atoms with van der Waals surface area (Å²) in [5, 5.41) is 0. The van der Waals surface area contributed by atoms with Crippen LogP contribution < -0.4 is 4.74 Å². The maximum absolute atomic E-state index is 12.6. The Labute approximate surface area is 193 Å². The highest BCUT2D eigenvalue weighted by molar-refractivity contribution is 5.76. The first kappa shape index (κ1) is 22.8. The zero-order valence-electron chi connectivity index (χ0n) is 19.5. The number of likely N-dealkylation sites (tertiary alicyclic amines) is 2. The molecule has 2 aromatic rings. The Balaban J connectivity index is 1.15. The first-order chi connectivity index (χ1) is 15.7. The van der Waals surface area contributed by atoms with E-state index in [9.17, 15) is 4.79 Å². The summed E-state index contributed by atoms with van der Waals surface area (Å²) < 4.78 is 6.17. The molecule has 0 aliphatic carbocycles. The highest BCUT2D eigenvalue weighted by Gasteiger charge is 2.24. The van der Waals surface area contributed by atoms with Gasteiger partial charge in [0.1, 0.15) is 5.75 Å². The van der Waals surface area contributed by atoms with Gasteiger partial charge < -0.3 is 14.5 Å². The van der Waals surface area contributed by atoms with E-state index >= 15 is 0 Å². The lowest BCUT2D eigenvalue weighted by Crippen LogP contribution is -2.37. The Morgan fingerprint density at radius 2 is 1.50 bits per heavy atom. The molecule has 32 heavy (non-hydrogen) atoms. The van der Waals surface area contributed by atoms with Crippen molar-refractivity contribution in [3.63, 3.8) is 0 Å². The lowest BCUT2D eigenvalue weighted by Gasteiger charge is -2.32. The minimum atomic E-state index is 0.309. The van der Waals surface area contributed by atoms with Crippen LogP contribution in [0.5, 0.6) is 5.75 Å². The molecule has 0 unspecified atom stereocenters. The van der Waals surface area contributed by atoms with Gasteiger partial charge in [-0.1, -0.05) is 48.5 Å². The fraction of sp³-hybridized carbons (Fsp3) is 0.536. The van der Waals surface area contributed by atoms with Crippen molar-refractivity contribution < 1.29 is 9.53 Å². The van der Waals surface area contributed by atoms with E-state index < -0.39 is 0 Å². The molecule has 4 heteroatoms. The second kappa shape index (κ2) is 11.5. The molecule has 2 heterocycles. The SMILES string of the molecule is CN1CCC(c2ccccc2OCCCCC(=O)N2CCC(c3ccccc3)CC2)CC1. The predicted molar refractivity (Wildman–Crippen MR) is 130 cm³/mol. The zero-order valence-corrected chi connectivity index (χ0v) is 19.5. The molecule has 172 valence electrons. The molecular weight excluding hydrogens is 396 g/mol. The molecule has 1 amide bonds. The zero-order chi connectivity index (χ0) is 22.2. The topological polar surface area (TPSA) is 32.8 Å². The van der Waals surface area contributed by atoms with Gasteiger partial charge in [0.05, 0.1) is 6.61 Å². The van der Waals surface area contributed by atoms with Crippen LogP contribution in [0.25, 0.3) is 0 Å². The van der Waals surface area contributed by atoms with Crippen LogP contribution in [-0.2, 0) is 4.79 Å². The summed E-state index contributed by atoms with van der Waals surface area (Å²) in [4.78, 5) is 17.1. The summed E-state index contributed by atoms with van der Waals surface area (Å²) in [6, 6.07) is 19.3. The first-order valence-electron chi connectivity index (χ1n) is 12.4. The number of carbonyl (C=O) groups is 1. The fourth-order valence-electron chi connectivity index (χ4n) is 5.17. The number of hydrogen-bond donors (Lipinski definition) is 0. The lowest BCUT2D eigenvalue weighted by atomic mass is 9.89. The van der Waals surface area contributed by atoms with E-state index in [4.69, 9.17) is 4.74 Å². The number of hydrogen-bond acceptors (Lipinski definition) is 3. The monoisotopic (exact) mass is 434 g/mol. The van der Waals surface area contributed by atoms with Crippen LogP contribution >= 0.6 is 0 Å². The maximum Gasteiger partial charge on any atom is 0.222 e. The lowest BCUT2D eigenvalue weighted by molar-refractivity contribution is -0.132. The second-order valence-electron chi connectivity index (χ2n) is 9.49. The smallest absolute Gasteiger partial charge is 0.222 e. The van der Waals surface area contributed by atoms with Crippen molar-refractivity contribution in [1.82, 2.24) is 9.80 Å². The third-order valence-electron chi connectivity index (χ3n) is 7.24.